The van der Waals surface area contributed by atoms with Gasteiger partial charge in [0.2, 0.25) is 0 Å². The van der Waals surface area contributed by atoms with Crippen LogP contribution >= 0.6 is 0 Å². The summed E-state index contributed by atoms with van der Waals surface area (Å²) >= 11 is 0. The molecule has 2 heteroatoms. The molecule has 90 valence electrons. The van der Waals surface area contributed by atoms with E-state index >= 15 is 0 Å². The fraction of sp³-hybridized carbons (Fsp3) is 0.125. The minimum Gasteiger partial charge on any atom is -0.395 e. The van der Waals surface area contributed by atoms with Gasteiger partial charge in [0.05, 0.1) is 6.61 Å². The van der Waals surface area contributed by atoms with E-state index in [-0.39, 0.29) is 12.5 Å². The Labute approximate surface area is 106 Å². The van der Waals surface area contributed by atoms with Gasteiger partial charge in [0.15, 0.2) is 0 Å². The van der Waals surface area contributed by atoms with Crippen LogP contribution in [0.4, 0.5) is 0 Å². The molecule has 0 radical (unpaired) electrons. The second kappa shape index (κ2) is 4.67. The van der Waals surface area contributed by atoms with Crippen LogP contribution in [0.3, 0.4) is 0 Å². The number of benzene rings is 2. The van der Waals surface area contributed by atoms with Crippen LogP contribution < -0.4 is 0 Å². The molecule has 1 unspecified atom stereocenters. The minimum absolute atomic E-state index is 0.0468. The van der Waals surface area contributed by atoms with Crippen molar-refractivity contribution in [3.8, 4) is 0 Å². The smallest absolute Gasteiger partial charge is 0.0540 e. The van der Waals surface area contributed by atoms with Crippen LogP contribution in [0.1, 0.15) is 17.0 Å². The molecule has 0 saturated carbocycles. The molecule has 1 aromatic heterocycles. The maximum Gasteiger partial charge on any atom is 0.0540 e. The van der Waals surface area contributed by atoms with E-state index in [2.05, 4.69) is 41.4 Å². The van der Waals surface area contributed by atoms with Crippen molar-refractivity contribution >= 4 is 10.9 Å². The molecule has 0 fully saturated rings. The summed E-state index contributed by atoms with van der Waals surface area (Å²) < 4.78 is 0. The first-order valence-corrected chi connectivity index (χ1v) is 6.11. The van der Waals surface area contributed by atoms with Gasteiger partial charge in [-0.05, 0) is 34.7 Å². The van der Waals surface area contributed by atoms with E-state index in [1.807, 2.05) is 24.4 Å². The predicted octanol–water partition coefficient (Wildman–Crippen LogP) is 3.29. The van der Waals surface area contributed by atoms with Crippen LogP contribution in [0.25, 0.3) is 10.9 Å². The molecule has 1 heterocycles. The lowest BCUT2D eigenvalue weighted by Gasteiger charge is -2.15. The van der Waals surface area contributed by atoms with E-state index < -0.39 is 0 Å². The first-order valence-electron chi connectivity index (χ1n) is 6.11. The Bertz CT molecular complexity index is 642. The van der Waals surface area contributed by atoms with Gasteiger partial charge in [0, 0.05) is 17.6 Å². The lowest BCUT2D eigenvalue weighted by atomic mass is 9.91. The molecule has 1 atom stereocenters. The number of nitrogens with one attached hydrogen (secondary N) is 1. The van der Waals surface area contributed by atoms with Crippen LogP contribution in [-0.4, -0.2) is 16.7 Å². The van der Waals surface area contributed by atoms with Crippen molar-refractivity contribution in [3.05, 3.63) is 71.9 Å². The molecule has 3 rings (SSSR count). The zero-order chi connectivity index (χ0) is 12.4. The molecule has 0 aliphatic heterocycles. The molecule has 2 N–H and O–H groups in total. The molecule has 2 nitrogen and oxygen atoms in total. The van der Waals surface area contributed by atoms with Gasteiger partial charge < -0.3 is 10.1 Å². The number of aromatic nitrogens is 1. The number of aromatic amines is 1. The zero-order valence-electron chi connectivity index (χ0n) is 10.0. The largest absolute Gasteiger partial charge is 0.395 e. The van der Waals surface area contributed by atoms with Crippen molar-refractivity contribution in [1.29, 1.82) is 0 Å². The number of aliphatic hydroxyl groups excluding tert-OH is 1. The fourth-order valence-corrected chi connectivity index (χ4v) is 2.38. The highest BCUT2D eigenvalue weighted by Crippen LogP contribution is 2.26. The second-order valence-corrected chi connectivity index (χ2v) is 4.47. The van der Waals surface area contributed by atoms with Crippen molar-refractivity contribution in [1.82, 2.24) is 4.98 Å². The van der Waals surface area contributed by atoms with Crippen LogP contribution in [0.2, 0.25) is 0 Å². The quantitative estimate of drug-likeness (QED) is 0.720. The normalized spacial score (nSPS) is 12.7. The van der Waals surface area contributed by atoms with E-state index in [1.54, 1.807) is 0 Å². The summed E-state index contributed by atoms with van der Waals surface area (Å²) in [5, 5.41) is 10.8. The van der Waals surface area contributed by atoms with E-state index in [0.717, 1.165) is 16.6 Å². The highest BCUT2D eigenvalue weighted by atomic mass is 16.3. The average molecular weight is 237 g/mol. The Kier molecular flexibility index (Phi) is 2.87. The zero-order valence-corrected chi connectivity index (χ0v) is 10.0. The number of hydrogen-bond donors (Lipinski definition) is 2. The van der Waals surface area contributed by atoms with Crippen LogP contribution in [0.5, 0.6) is 0 Å². The summed E-state index contributed by atoms with van der Waals surface area (Å²) in [6, 6.07) is 18.5. The highest BCUT2D eigenvalue weighted by molar-refractivity contribution is 5.80. The molecular weight excluding hydrogens is 222 g/mol. The van der Waals surface area contributed by atoms with Gasteiger partial charge in [0.25, 0.3) is 0 Å². The second-order valence-electron chi connectivity index (χ2n) is 4.47. The Morgan fingerprint density at radius 2 is 1.78 bits per heavy atom. The molecule has 0 aliphatic rings. The molecule has 0 spiro atoms. The van der Waals surface area contributed by atoms with Crippen molar-refractivity contribution in [2.75, 3.05) is 6.61 Å². The maximum absolute atomic E-state index is 9.65. The number of hydrogen-bond acceptors (Lipinski definition) is 1. The fourth-order valence-electron chi connectivity index (χ4n) is 2.38. The van der Waals surface area contributed by atoms with Gasteiger partial charge in [-0.15, -0.1) is 0 Å². The highest BCUT2D eigenvalue weighted by Gasteiger charge is 2.13. The van der Waals surface area contributed by atoms with Crippen molar-refractivity contribution < 1.29 is 5.11 Å². The molecule has 0 aliphatic carbocycles. The molecule has 0 amide bonds. The third-order valence-electron chi connectivity index (χ3n) is 3.36. The van der Waals surface area contributed by atoms with Crippen LogP contribution in [0.15, 0.2) is 60.8 Å². The van der Waals surface area contributed by atoms with Crippen molar-refractivity contribution in [2.45, 2.75) is 5.92 Å². The van der Waals surface area contributed by atoms with Gasteiger partial charge in [0.1, 0.15) is 0 Å². The monoisotopic (exact) mass is 237 g/mol. The first-order chi connectivity index (χ1) is 8.88. The lowest BCUT2D eigenvalue weighted by Crippen LogP contribution is -2.05. The van der Waals surface area contributed by atoms with E-state index in [9.17, 15) is 5.11 Å². The summed E-state index contributed by atoms with van der Waals surface area (Å²) in [6.07, 6.45) is 1.94. The summed E-state index contributed by atoms with van der Waals surface area (Å²) in [5.41, 5.74) is 3.43. The molecule has 0 bridgehead atoms. The van der Waals surface area contributed by atoms with Gasteiger partial charge in [-0.1, -0.05) is 36.4 Å². The minimum atomic E-state index is 0.0468. The average Bonchev–Trinajstić information content (AvgIpc) is 2.88. The summed E-state index contributed by atoms with van der Waals surface area (Å²) in [4.78, 5) is 3.18. The SMILES string of the molecule is OCC(c1ccccc1)c1ccc2[nH]ccc2c1. The van der Waals surface area contributed by atoms with Crippen LogP contribution in [-0.2, 0) is 0 Å². The van der Waals surface area contributed by atoms with Gasteiger partial charge in [-0.25, -0.2) is 0 Å². The third kappa shape index (κ3) is 1.91. The number of rotatable bonds is 3. The standard InChI is InChI=1S/C16H15NO/c18-11-15(12-4-2-1-3-5-12)13-6-7-16-14(10-13)8-9-17-16/h1-10,15,17-18H,11H2. The molecule has 3 aromatic rings. The predicted molar refractivity (Wildman–Crippen MR) is 73.7 cm³/mol. The summed E-state index contributed by atoms with van der Waals surface area (Å²) in [6.45, 7) is 0.125. The molecular formula is C16H15NO. The molecule has 18 heavy (non-hydrogen) atoms. The maximum atomic E-state index is 9.65. The third-order valence-corrected chi connectivity index (χ3v) is 3.36. The number of aliphatic hydroxyl groups is 1. The van der Waals surface area contributed by atoms with Gasteiger partial charge in [-0.3, -0.25) is 0 Å². The van der Waals surface area contributed by atoms with Crippen molar-refractivity contribution in [2.24, 2.45) is 0 Å². The summed E-state index contributed by atoms with van der Waals surface area (Å²) in [7, 11) is 0. The Hall–Kier alpha value is -2.06. The van der Waals surface area contributed by atoms with Crippen molar-refractivity contribution in [3.63, 3.8) is 0 Å². The molecule has 2 aromatic carbocycles. The van der Waals surface area contributed by atoms with Gasteiger partial charge in [-0.2, -0.15) is 0 Å². The Morgan fingerprint density at radius 1 is 0.944 bits per heavy atom. The van der Waals surface area contributed by atoms with Gasteiger partial charge >= 0.3 is 0 Å². The Morgan fingerprint density at radius 3 is 2.56 bits per heavy atom. The molecule has 0 saturated heterocycles. The van der Waals surface area contributed by atoms with Crippen LogP contribution in [0, 0.1) is 0 Å². The number of H-pyrrole nitrogens is 1. The number of fused-ring (bicyclic) bond motifs is 1. The Balaban J connectivity index is 2.05. The van der Waals surface area contributed by atoms with E-state index in [4.69, 9.17) is 0 Å². The summed E-state index contributed by atoms with van der Waals surface area (Å²) in [5.74, 6) is 0.0468. The van der Waals surface area contributed by atoms with E-state index in [1.165, 1.54) is 5.39 Å². The topological polar surface area (TPSA) is 36.0 Å². The first kappa shape index (κ1) is 11.1. The lowest BCUT2D eigenvalue weighted by molar-refractivity contribution is 0.280. The van der Waals surface area contributed by atoms with E-state index in [0.29, 0.717) is 0 Å².